The third-order valence-electron chi connectivity index (χ3n) is 7.32. The molecule has 0 spiro atoms. The molecule has 2 heterocycles. The Bertz CT molecular complexity index is 1650. The Balaban J connectivity index is 1.54. The van der Waals surface area contributed by atoms with E-state index in [1.807, 2.05) is 19.1 Å². The second kappa shape index (κ2) is 12.2. The Labute approximate surface area is 251 Å². The molecule has 0 fully saturated rings. The van der Waals surface area contributed by atoms with Gasteiger partial charge in [0.15, 0.2) is 11.5 Å². The first kappa shape index (κ1) is 29.0. The summed E-state index contributed by atoms with van der Waals surface area (Å²) in [6.07, 6.45) is 3.41. The molecule has 0 bridgehead atoms. The third kappa shape index (κ3) is 5.91. The van der Waals surface area contributed by atoms with Gasteiger partial charge in [-0.25, -0.2) is 4.98 Å². The first-order chi connectivity index (χ1) is 20.2. The van der Waals surface area contributed by atoms with E-state index >= 15 is 0 Å². The van der Waals surface area contributed by atoms with E-state index in [1.54, 1.807) is 43.5 Å². The second-order valence-electron chi connectivity index (χ2n) is 10.2. The summed E-state index contributed by atoms with van der Waals surface area (Å²) in [7, 11) is 1.52. The topological polar surface area (TPSA) is 133 Å². The Kier molecular flexibility index (Phi) is 8.39. The number of hydrogen-bond donors (Lipinski definition) is 2. The Morgan fingerprint density at radius 2 is 1.93 bits per heavy atom. The minimum Gasteiger partial charge on any atom is -0.496 e. The molecule has 0 saturated heterocycles. The summed E-state index contributed by atoms with van der Waals surface area (Å²) in [6, 6.07) is 13.7. The van der Waals surface area contributed by atoms with Crippen LogP contribution in [-0.2, 0) is 16.2 Å². The van der Waals surface area contributed by atoms with Crippen LogP contribution >= 0.6 is 15.9 Å². The molecule has 216 valence electrons. The molecule has 1 amide bonds. The Morgan fingerprint density at radius 3 is 2.64 bits per heavy atom. The number of nitrogens with one attached hydrogen (secondary N) is 2. The van der Waals surface area contributed by atoms with E-state index in [0.717, 1.165) is 22.2 Å². The number of aryl methyl sites for hydroxylation is 1. The van der Waals surface area contributed by atoms with Crippen molar-refractivity contribution in [3.63, 3.8) is 0 Å². The van der Waals surface area contributed by atoms with Gasteiger partial charge in [-0.05, 0) is 84.1 Å². The van der Waals surface area contributed by atoms with Gasteiger partial charge in [-0.3, -0.25) is 19.7 Å². The minimum atomic E-state index is -0.650. The minimum absolute atomic E-state index is 0.0165. The van der Waals surface area contributed by atoms with Crippen molar-refractivity contribution in [1.29, 1.82) is 0 Å². The number of anilines is 1. The normalized spacial score (nSPS) is 16.5. The molecule has 1 aliphatic carbocycles. The number of amides is 1. The smallest absolute Gasteiger partial charge is 0.311 e. The van der Waals surface area contributed by atoms with Crippen LogP contribution in [-0.4, -0.2) is 28.7 Å². The molecular weight excluding hydrogens is 604 g/mol. The van der Waals surface area contributed by atoms with Gasteiger partial charge >= 0.3 is 5.69 Å². The average Bonchev–Trinajstić information content (AvgIpc) is 2.96. The van der Waals surface area contributed by atoms with E-state index in [0.29, 0.717) is 52.4 Å². The molecule has 10 nitrogen and oxygen atoms in total. The van der Waals surface area contributed by atoms with Gasteiger partial charge in [0.05, 0.1) is 12.0 Å². The number of carbonyl (C=O) groups is 2. The SMILES string of the molecule is COc1ccc(C2C(C(=O)Nc3ccc(Br)cn3)=C(C)NC3=C2C(=O)CCC3)cc1COc1ccc(C)cc1[N+](=O)[O-]. The summed E-state index contributed by atoms with van der Waals surface area (Å²) in [5.41, 5.74) is 4.35. The van der Waals surface area contributed by atoms with Crippen LogP contribution in [0.1, 0.15) is 48.8 Å². The third-order valence-corrected chi connectivity index (χ3v) is 7.79. The number of dihydropyridines is 1. The summed E-state index contributed by atoms with van der Waals surface area (Å²) in [4.78, 5) is 42.5. The summed E-state index contributed by atoms with van der Waals surface area (Å²) in [6.45, 7) is 3.57. The highest BCUT2D eigenvalue weighted by Crippen LogP contribution is 2.43. The standard InChI is InChI=1S/C31H29BrN4O6/c1-17-7-10-26(23(13-17)36(39)40)42-16-20-14-19(8-11-25(20)41-3)29-28(31(38)35-27-12-9-21(32)15-33-27)18(2)34-22-5-4-6-24(37)30(22)29/h7-15,29,34H,4-6,16H2,1-3H3,(H,33,35,38). The molecule has 1 unspecified atom stereocenters. The van der Waals surface area contributed by atoms with Gasteiger partial charge in [-0.2, -0.15) is 0 Å². The summed E-state index contributed by atoms with van der Waals surface area (Å²) < 4.78 is 12.3. The lowest BCUT2D eigenvalue weighted by Crippen LogP contribution is -2.35. The molecule has 5 rings (SSSR count). The molecule has 0 saturated carbocycles. The summed E-state index contributed by atoms with van der Waals surface area (Å²) in [5.74, 6) is -0.0307. The van der Waals surface area contributed by atoms with Gasteiger partial charge in [0.25, 0.3) is 5.91 Å². The highest BCUT2D eigenvalue weighted by molar-refractivity contribution is 9.10. The molecule has 2 aliphatic rings. The lowest BCUT2D eigenvalue weighted by molar-refractivity contribution is -0.386. The molecule has 2 N–H and O–H groups in total. The highest BCUT2D eigenvalue weighted by Gasteiger charge is 2.38. The van der Waals surface area contributed by atoms with Gasteiger partial charge in [-0.15, -0.1) is 0 Å². The maximum atomic E-state index is 13.8. The van der Waals surface area contributed by atoms with Gasteiger partial charge < -0.3 is 20.1 Å². The van der Waals surface area contributed by atoms with Crippen LogP contribution in [0.5, 0.6) is 11.5 Å². The number of rotatable bonds is 8. The first-order valence-electron chi connectivity index (χ1n) is 13.4. The van der Waals surface area contributed by atoms with Gasteiger partial charge in [0.2, 0.25) is 0 Å². The predicted octanol–water partition coefficient (Wildman–Crippen LogP) is 6.25. The molecule has 1 aromatic heterocycles. The number of halogens is 1. The van der Waals surface area contributed by atoms with Gasteiger partial charge in [0, 0.05) is 57.2 Å². The molecule has 1 aliphatic heterocycles. The van der Waals surface area contributed by atoms with Crippen molar-refractivity contribution in [3.8, 4) is 11.5 Å². The number of pyridine rings is 1. The number of ketones is 1. The zero-order chi connectivity index (χ0) is 30.0. The number of carbonyl (C=O) groups excluding carboxylic acids is 2. The van der Waals surface area contributed by atoms with Crippen LogP contribution in [0, 0.1) is 17.0 Å². The quantitative estimate of drug-likeness (QED) is 0.220. The van der Waals surface area contributed by atoms with Crippen molar-refractivity contribution in [2.24, 2.45) is 0 Å². The molecule has 11 heteroatoms. The van der Waals surface area contributed by atoms with Crippen molar-refractivity contribution >= 4 is 39.1 Å². The van der Waals surface area contributed by atoms with E-state index in [-0.39, 0.29) is 29.7 Å². The van der Waals surface area contributed by atoms with Crippen molar-refractivity contribution in [2.75, 3.05) is 12.4 Å². The lowest BCUT2D eigenvalue weighted by Gasteiger charge is -2.34. The molecule has 0 radical (unpaired) electrons. The van der Waals surface area contributed by atoms with Crippen molar-refractivity contribution < 1.29 is 24.0 Å². The van der Waals surface area contributed by atoms with Crippen LogP contribution in [0.4, 0.5) is 11.5 Å². The van der Waals surface area contributed by atoms with Gasteiger partial charge in [0.1, 0.15) is 18.2 Å². The molecule has 3 aromatic rings. The fourth-order valence-corrected chi connectivity index (χ4v) is 5.62. The molecular formula is C31H29BrN4O6. The van der Waals surface area contributed by atoms with Crippen LogP contribution in [0.3, 0.4) is 0 Å². The monoisotopic (exact) mass is 632 g/mol. The number of nitro groups is 1. The van der Waals surface area contributed by atoms with Crippen LogP contribution in [0.15, 0.2) is 81.7 Å². The van der Waals surface area contributed by atoms with Crippen LogP contribution in [0.2, 0.25) is 0 Å². The van der Waals surface area contributed by atoms with E-state index < -0.39 is 10.8 Å². The number of benzene rings is 2. The number of hydrogen-bond acceptors (Lipinski definition) is 8. The van der Waals surface area contributed by atoms with Crippen molar-refractivity contribution in [1.82, 2.24) is 10.3 Å². The maximum absolute atomic E-state index is 13.8. The predicted molar refractivity (Wildman–Crippen MR) is 160 cm³/mol. The second-order valence-corrected chi connectivity index (χ2v) is 11.1. The van der Waals surface area contributed by atoms with Crippen molar-refractivity contribution in [2.45, 2.75) is 45.6 Å². The maximum Gasteiger partial charge on any atom is 0.311 e. The number of allylic oxidation sites excluding steroid dienone is 3. The summed E-state index contributed by atoms with van der Waals surface area (Å²) in [5, 5.41) is 17.8. The van der Waals surface area contributed by atoms with Crippen LogP contribution in [0.25, 0.3) is 0 Å². The average molecular weight is 633 g/mol. The fraction of sp³-hybridized carbons (Fsp3) is 0.258. The van der Waals surface area contributed by atoms with Crippen molar-refractivity contribution in [3.05, 3.63) is 109 Å². The van der Waals surface area contributed by atoms with E-state index in [4.69, 9.17) is 9.47 Å². The first-order valence-corrected chi connectivity index (χ1v) is 14.2. The Morgan fingerprint density at radius 1 is 1.14 bits per heavy atom. The number of methoxy groups -OCH3 is 1. The zero-order valence-electron chi connectivity index (χ0n) is 23.3. The Hall–Kier alpha value is -4.51. The molecule has 42 heavy (non-hydrogen) atoms. The number of Topliss-reactive ketones (excluding diaryl/α,β-unsaturated/α-hetero) is 1. The largest absolute Gasteiger partial charge is 0.496 e. The van der Waals surface area contributed by atoms with E-state index in [1.165, 1.54) is 13.2 Å². The number of nitro benzene ring substituents is 1. The number of ether oxygens (including phenoxy) is 2. The van der Waals surface area contributed by atoms with Crippen LogP contribution < -0.4 is 20.1 Å². The number of aromatic nitrogens is 1. The van der Waals surface area contributed by atoms with Gasteiger partial charge in [-0.1, -0.05) is 12.1 Å². The molecule has 2 aromatic carbocycles. The van der Waals surface area contributed by atoms with E-state index in [9.17, 15) is 19.7 Å². The lowest BCUT2D eigenvalue weighted by atomic mass is 9.74. The molecule has 1 atom stereocenters. The fourth-order valence-electron chi connectivity index (χ4n) is 5.39. The highest BCUT2D eigenvalue weighted by atomic mass is 79.9. The summed E-state index contributed by atoms with van der Waals surface area (Å²) >= 11 is 3.35. The zero-order valence-corrected chi connectivity index (χ0v) is 24.9. The van der Waals surface area contributed by atoms with E-state index in [2.05, 4.69) is 31.5 Å². The number of nitrogens with zero attached hydrogens (tertiary/aromatic N) is 2.